The number of amides is 2. The number of anilines is 1. The summed E-state index contributed by atoms with van der Waals surface area (Å²) in [6, 6.07) is 17.3. The highest BCUT2D eigenvalue weighted by Crippen LogP contribution is 2.41. The summed E-state index contributed by atoms with van der Waals surface area (Å²) in [6.45, 7) is 7.13. The van der Waals surface area contributed by atoms with Gasteiger partial charge in [0.15, 0.2) is 0 Å². The molecule has 0 aliphatic heterocycles. The Balaban J connectivity index is 1.57. The van der Waals surface area contributed by atoms with Crippen LogP contribution in [0.3, 0.4) is 0 Å². The number of hydrogen-bond donors (Lipinski definition) is 1. The van der Waals surface area contributed by atoms with E-state index in [-0.39, 0.29) is 29.7 Å². The van der Waals surface area contributed by atoms with Gasteiger partial charge in [0.05, 0.1) is 18.4 Å². The summed E-state index contributed by atoms with van der Waals surface area (Å²) in [5.41, 5.74) is 1.82. The smallest absolute Gasteiger partial charge is 0.228 e. The van der Waals surface area contributed by atoms with E-state index in [9.17, 15) is 9.59 Å². The minimum atomic E-state index is -0.254. The molecule has 1 N–H and O–H groups in total. The van der Waals surface area contributed by atoms with Gasteiger partial charge in [0.1, 0.15) is 5.75 Å². The lowest BCUT2D eigenvalue weighted by Gasteiger charge is -2.27. The van der Waals surface area contributed by atoms with Gasteiger partial charge in [-0.1, -0.05) is 30.3 Å². The summed E-state index contributed by atoms with van der Waals surface area (Å²) in [5, 5.41) is 2.91. The average molecular weight is 380 g/mol. The van der Waals surface area contributed by atoms with Crippen LogP contribution in [0.1, 0.15) is 32.8 Å². The van der Waals surface area contributed by atoms with Gasteiger partial charge in [-0.05, 0) is 57.0 Å². The Morgan fingerprint density at radius 2 is 1.75 bits per heavy atom. The first-order chi connectivity index (χ1) is 13.5. The lowest BCUT2D eigenvalue weighted by Crippen LogP contribution is -2.38. The molecule has 5 heteroatoms. The summed E-state index contributed by atoms with van der Waals surface area (Å²) in [5.74, 6) is 0.259. The van der Waals surface area contributed by atoms with Gasteiger partial charge >= 0.3 is 0 Å². The Morgan fingerprint density at radius 3 is 2.36 bits per heavy atom. The second kappa shape index (κ2) is 8.91. The van der Waals surface area contributed by atoms with E-state index >= 15 is 0 Å². The zero-order chi connectivity index (χ0) is 20.1. The Labute approximate surface area is 166 Å². The Bertz CT molecular complexity index is 802. The summed E-state index contributed by atoms with van der Waals surface area (Å²) in [7, 11) is 0. The first-order valence-electron chi connectivity index (χ1n) is 9.87. The number of nitrogens with zero attached hydrogens (tertiary/aromatic N) is 1. The van der Waals surface area contributed by atoms with E-state index < -0.39 is 0 Å². The van der Waals surface area contributed by atoms with Crippen molar-refractivity contribution in [2.45, 2.75) is 39.8 Å². The van der Waals surface area contributed by atoms with Crippen molar-refractivity contribution in [3.8, 4) is 5.75 Å². The maximum Gasteiger partial charge on any atom is 0.228 e. The predicted molar refractivity (Wildman–Crippen MR) is 110 cm³/mol. The second-order valence-corrected chi connectivity index (χ2v) is 7.44. The van der Waals surface area contributed by atoms with E-state index in [1.54, 1.807) is 0 Å². The van der Waals surface area contributed by atoms with Gasteiger partial charge in [0, 0.05) is 18.3 Å². The molecule has 28 heavy (non-hydrogen) atoms. The molecule has 2 aromatic rings. The molecule has 0 saturated heterocycles. The van der Waals surface area contributed by atoms with E-state index in [2.05, 4.69) is 5.32 Å². The van der Waals surface area contributed by atoms with Gasteiger partial charge in [-0.15, -0.1) is 0 Å². The molecular formula is C23H28N2O3. The largest absolute Gasteiger partial charge is 0.494 e. The predicted octanol–water partition coefficient (Wildman–Crippen LogP) is 4.10. The number of carbonyl (C=O) groups excluding carboxylic acids is 2. The molecule has 0 spiro atoms. The topological polar surface area (TPSA) is 58.6 Å². The molecule has 0 radical (unpaired) electrons. The molecule has 2 aromatic carbocycles. The van der Waals surface area contributed by atoms with Crippen LogP contribution in [-0.4, -0.2) is 29.4 Å². The fourth-order valence-corrected chi connectivity index (χ4v) is 3.30. The number of ether oxygens (including phenoxy) is 1. The van der Waals surface area contributed by atoms with Crippen molar-refractivity contribution in [2.75, 3.05) is 11.9 Å². The summed E-state index contributed by atoms with van der Waals surface area (Å²) < 4.78 is 5.41. The molecule has 3 rings (SSSR count). The molecule has 0 heterocycles. The molecule has 1 saturated carbocycles. The Hall–Kier alpha value is -2.82. The lowest BCUT2D eigenvalue weighted by atomic mass is 10.1. The van der Waals surface area contributed by atoms with Gasteiger partial charge in [-0.3, -0.25) is 9.59 Å². The van der Waals surface area contributed by atoms with Gasteiger partial charge < -0.3 is 15.0 Å². The summed E-state index contributed by atoms with van der Waals surface area (Å²) >= 11 is 0. The van der Waals surface area contributed by atoms with Gasteiger partial charge in [-0.25, -0.2) is 0 Å². The molecule has 2 amide bonds. The molecule has 1 aliphatic carbocycles. The number of carbonyl (C=O) groups is 2. The number of rotatable bonds is 8. The van der Waals surface area contributed by atoms with Crippen molar-refractivity contribution in [3.05, 3.63) is 60.2 Å². The standard InChI is InChI=1S/C23H28N2O3/c1-4-28-19-12-10-18(11-13-19)24-22(26)20-14-21(20)23(27)25(16(2)3)15-17-8-6-5-7-9-17/h5-13,16,20-21H,4,14-15H2,1-3H3,(H,24,26). The van der Waals surface area contributed by atoms with Crippen LogP contribution in [0.5, 0.6) is 5.75 Å². The van der Waals surface area contributed by atoms with Crippen LogP contribution >= 0.6 is 0 Å². The highest BCUT2D eigenvalue weighted by molar-refractivity contribution is 5.99. The quantitative estimate of drug-likeness (QED) is 0.750. The lowest BCUT2D eigenvalue weighted by molar-refractivity contribution is -0.136. The van der Waals surface area contributed by atoms with Crippen LogP contribution in [0.25, 0.3) is 0 Å². The van der Waals surface area contributed by atoms with E-state index in [1.807, 2.05) is 80.3 Å². The maximum atomic E-state index is 13.0. The zero-order valence-electron chi connectivity index (χ0n) is 16.7. The third-order valence-corrected chi connectivity index (χ3v) is 4.98. The van der Waals surface area contributed by atoms with Crippen LogP contribution in [0.2, 0.25) is 0 Å². The number of benzene rings is 2. The highest BCUT2D eigenvalue weighted by Gasteiger charge is 2.49. The van der Waals surface area contributed by atoms with Gasteiger partial charge in [0.2, 0.25) is 11.8 Å². The Kier molecular flexibility index (Phi) is 6.34. The van der Waals surface area contributed by atoms with E-state index in [0.717, 1.165) is 17.0 Å². The third-order valence-electron chi connectivity index (χ3n) is 4.98. The molecule has 1 aliphatic rings. The van der Waals surface area contributed by atoms with Crippen LogP contribution in [-0.2, 0) is 16.1 Å². The van der Waals surface area contributed by atoms with E-state index in [4.69, 9.17) is 4.74 Å². The van der Waals surface area contributed by atoms with Crippen molar-refractivity contribution in [3.63, 3.8) is 0 Å². The molecule has 0 bridgehead atoms. The maximum absolute atomic E-state index is 13.0. The molecule has 2 unspecified atom stereocenters. The molecule has 2 atom stereocenters. The van der Waals surface area contributed by atoms with Crippen molar-refractivity contribution in [2.24, 2.45) is 11.8 Å². The fraction of sp³-hybridized carbons (Fsp3) is 0.391. The third kappa shape index (κ3) is 4.91. The molecule has 0 aromatic heterocycles. The second-order valence-electron chi connectivity index (χ2n) is 7.44. The molecule has 148 valence electrons. The van der Waals surface area contributed by atoms with E-state index in [0.29, 0.717) is 19.6 Å². The average Bonchev–Trinajstić information content (AvgIpc) is 3.49. The fourth-order valence-electron chi connectivity index (χ4n) is 3.30. The zero-order valence-corrected chi connectivity index (χ0v) is 16.7. The monoisotopic (exact) mass is 380 g/mol. The van der Waals surface area contributed by atoms with E-state index in [1.165, 1.54) is 0 Å². The van der Waals surface area contributed by atoms with Gasteiger partial charge in [-0.2, -0.15) is 0 Å². The summed E-state index contributed by atoms with van der Waals surface area (Å²) in [6.07, 6.45) is 0.611. The molecule has 5 nitrogen and oxygen atoms in total. The number of hydrogen-bond acceptors (Lipinski definition) is 3. The van der Waals surface area contributed by atoms with Crippen LogP contribution < -0.4 is 10.1 Å². The summed E-state index contributed by atoms with van der Waals surface area (Å²) in [4.78, 5) is 27.4. The molecular weight excluding hydrogens is 352 g/mol. The van der Waals surface area contributed by atoms with Crippen LogP contribution in [0.15, 0.2) is 54.6 Å². The SMILES string of the molecule is CCOc1ccc(NC(=O)C2CC2C(=O)N(Cc2ccccc2)C(C)C)cc1. The number of nitrogens with one attached hydrogen (secondary N) is 1. The van der Waals surface area contributed by atoms with Gasteiger partial charge in [0.25, 0.3) is 0 Å². The first kappa shape index (κ1) is 19.9. The highest BCUT2D eigenvalue weighted by atomic mass is 16.5. The Morgan fingerprint density at radius 1 is 1.07 bits per heavy atom. The van der Waals surface area contributed by atoms with Crippen molar-refractivity contribution in [1.82, 2.24) is 4.90 Å². The minimum absolute atomic E-state index is 0.0608. The van der Waals surface area contributed by atoms with Crippen LogP contribution in [0.4, 0.5) is 5.69 Å². The first-order valence-corrected chi connectivity index (χ1v) is 9.87. The van der Waals surface area contributed by atoms with Crippen molar-refractivity contribution in [1.29, 1.82) is 0 Å². The minimum Gasteiger partial charge on any atom is -0.494 e. The van der Waals surface area contributed by atoms with Crippen molar-refractivity contribution >= 4 is 17.5 Å². The normalized spacial score (nSPS) is 17.9. The molecule has 1 fully saturated rings. The van der Waals surface area contributed by atoms with Crippen LogP contribution in [0, 0.1) is 11.8 Å². The van der Waals surface area contributed by atoms with Crippen molar-refractivity contribution < 1.29 is 14.3 Å².